The molecule has 0 bridgehead atoms. The maximum absolute atomic E-state index is 10.5. The molecule has 16 heavy (non-hydrogen) atoms. The Balaban J connectivity index is 2.81. The Kier molecular flexibility index (Phi) is 4.10. The molecule has 0 fully saturated rings. The number of hydrogen-bond donors (Lipinski definition) is 0. The molecule has 0 aliphatic heterocycles. The number of nitro groups is 1. The minimum Gasteiger partial charge on any atom is -0.258 e. The average molecular weight is 221 g/mol. The van der Waals surface area contributed by atoms with E-state index in [1.54, 1.807) is 12.1 Å². The zero-order valence-electron chi connectivity index (χ0n) is 9.62. The van der Waals surface area contributed by atoms with Crippen molar-refractivity contribution in [2.45, 2.75) is 26.8 Å². The van der Waals surface area contributed by atoms with E-state index in [0.29, 0.717) is 11.6 Å². The van der Waals surface area contributed by atoms with Crippen molar-refractivity contribution in [1.29, 1.82) is 0 Å². The van der Waals surface area contributed by atoms with Crippen LogP contribution in [0.25, 0.3) is 0 Å². The van der Waals surface area contributed by atoms with Gasteiger partial charge in [0, 0.05) is 12.1 Å². The van der Waals surface area contributed by atoms with Gasteiger partial charge in [0.05, 0.1) is 16.7 Å². The standard InChI is InChI=1S/C11H15N3O2/c1-8(2)9(3)12-13-10-5-4-6-11(7-10)14(15)16/h4-9H,1-3H3. The highest BCUT2D eigenvalue weighted by molar-refractivity contribution is 5.46. The Morgan fingerprint density at radius 1 is 1.31 bits per heavy atom. The molecule has 1 aromatic carbocycles. The lowest BCUT2D eigenvalue weighted by Gasteiger charge is -2.07. The lowest BCUT2D eigenvalue weighted by Crippen LogP contribution is -2.05. The van der Waals surface area contributed by atoms with E-state index in [0.717, 1.165) is 0 Å². The summed E-state index contributed by atoms with van der Waals surface area (Å²) in [7, 11) is 0. The first kappa shape index (κ1) is 12.3. The fourth-order valence-electron chi connectivity index (χ4n) is 0.960. The molecule has 1 aromatic rings. The van der Waals surface area contributed by atoms with Crippen LogP contribution in [0.15, 0.2) is 34.5 Å². The third kappa shape index (κ3) is 3.42. The van der Waals surface area contributed by atoms with Crippen molar-refractivity contribution in [2.24, 2.45) is 16.1 Å². The molecular formula is C11H15N3O2. The smallest absolute Gasteiger partial charge is 0.258 e. The van der Waals surface area contributed by atoms with Gasteiger partial charge in [0.25, 0.3) is 5.69 Å². The Hall–Kier alpha value is -1.78. The van der Waals surface area contributed by atoms with E-state index >= 15 is 0 Å². The van der Waals surface area contributed by atoms with Gasteiger partial charge in [-0.15, -0.1) is 0 Å². The molecular weight excluding hydrogens is 206 g/mol. The minimum atomic E-state index is -0.440. The highest BCUT2D eigenvalue weighted by Gasteiger charge is 2.06. The number of hydrogen-bond acceptors (Lipinski definition) is 4. The summed E-state index contributed by atoms with van der Waals surface area (Å²) in [6, 6.07) is 6.26. The normalized spacial score (nSPS) is 13.2. The van der Waals surface area contributed by atoms with Crippen molar-refractivity contribution >= 4 is 11.4 Å². The molecule has 86 valence electrons. The van der Waals surface area contributed by atoms with Crippen molar-refractivity contribution < 1.29 is 4.92 Å². The Morgan fingerprint density at radius 2 is 2.00 bits per heavy atom. The van der Waals surface area contributed by atoms with Crippen LogP contribution in [0.2, 0.25) is 0 Å². The summed E-state index contributed by atoms with van der Waals surface area (Å²) in [5, 5.41) is 18.6. The van der Waals surface area contributed by atoms with E-state index in [1.807, 2.05) is 6.92 Å². The van der Waals surface area contributed by atoms with Gasteiger partial charge in [0.15, 0.2) is 0 Å². The first-order valence-electron chi connectivity index (χ1n) is 5.16. The lowest BCUT2D eigenvalue weighted by atomic mass is 10.1. The van der Waals surface area contributed by atoms with Crippen LogP contribution in [0.1, 0.15) is 20.8 Å². The topological polar surface area (TPSA) is 67.9 Å². The number of non-ortho nitro benzene ring substituents is 1. The predicted molar refractivity (Wildman–Crippen MR) is 61.9 cm³/mol. The number of rotatable bonds is 4. The van der Waals surface area contributed by atoms with E-state index in [2.05, 4.69) is 24.1 Å². The van der Waals surface area contributed by atoms with E-state index in [9.17, 15) is 10.1 Å². The Morgan fingerprint density at radius 3 is 2.56 bits per heavy atom. The zero-order valence-corrected chi connectivity index (χ0v) is 9.62. The minimum absolute atomic E-state index is 0.0358. The van der Waals surface area contributed by atoms with E-state index in [-0.39, 0.29) is 11.7 Å². The summed E-state index contributed by atoms with van der Waals surface area (Å²) in [6.45, 7) is 6.07. The number of nitro benzene ring substituents is 1. The average Bonchev–Trinajstić information content (AvgIpc) is 2.26. The van der Waals surface area contributed by atoms with E-state index in [4.69, 9.17) is 0 Å². The fourth-order valence-corrected chi connectivity index (χ4v) is 0.960. The quantitative estimate of drug-likeness (QED) is 0.441. The molecule has 0 aromatic heterocycles. The van der Waals surface area contributed by atoms with Gasteiger partial charge < -0.3 is 0 Å². The molecule has 0 amide bonds. The molecule has 0 radical (unpaired) electrons. The molecule has 0 aliphatic rings. The van der Waals surface area contributed by atoms with Gasteiger partial charge in [0.1, 0.15) is 0 Å². The second-order valence-electron chi connectivity index (χ2n) is 3.98. The first-order valence-corrected chi connectivity index (χ1v) is 5.16. The van der Waals surface area contributed by atoms with Crippen LogP contribution in [0.4, 0.5) is 11.4 Å². The summed E-state index contributed by atoms with van der Waals surface area (Å²) in [5.41, 5.74) is 0.551. The summed E-state index contributed by atoms with van der Waals surface area (Å²) in [5.74, 6) is 0.405. The molecule has 0 spiro atoms. The summed E-state index contributed by atoms with van der Waals surface area (Å²) < 4.78 is 0. The van der Waals surface area contributed by atoms with Gasteiger partial charge in [-0.1, -0.05) is 19.9 Å². The number of azo groups is 1. The van der Waals surface area contributed by atoms with Crippen molar-refractivity contribution in [3.05, 3.63) is 34.4 Å². The van der Waals surface area contributed by atoms with Crippen LogP contribution in [-0.4, -0.2) is 11.0 Å². The van der Waals surface area contributed by atoms with E-state index < -0.39 is 4.92 Å². The van der Waals surface area contributed by atoms with Crippen LogP contribution in [0.3, 0.4) is 0 Å². The summed E-state index contributed by atoms with van der Waals surface area (Å²) in [4.78, 5) is 10.1. The third-order valence-electron chi connectivity index (χ3n) is 2.36. The fraction of sp³-hybridized carbons (Fsp3) is 0.455. The van der Waals surface area contributed by atoms with E-state index in [1.165, 1.54) is 12.1 Å². The zero-order chi connectivity index (χ0) is 12.1. The SMILES string of the molecule is CC(C)C(C)N=Nc1cccc([N+](=O)[O-])c1. The van der Waals surface area contributed by atoms with Gasteiger partial charge in [0.2, 0.25) is 0 Å². The first-order chi connectivity index (χ1) is 7.50. The molecule has 1 atom stereocenters. The van der Waals surface area contributed by atoms with Gasteiger partial charge in [-0.25, -0.2) is 0 Å². The maximum Gasteiger partial charge on any atom is 0.271 e. The molecule has 0 saturated carbocycles. The van der Waals surface area contributed by atoms with Crippen LogP contribution < -0.4 is 0 Å². The predicted octanol–water partition coefficient (Wildman–Crippen LogP) is 3.72. The summed E-state index contributed by atoms with van der Waals surface area (Å²) >= 11 is 0. The second kappa shape index (κ2) is 5.34. The van der Waals surface area contributed by atoms with Gasteiger partial charge >= 0.3 is 0 Å². The van der Waals surface area contributed by atoms with Crippen LogP contribution >= 0.6 is 0 Å². The van der Waals surface area contributed by atoms with Gasteiger partial charge in [-0.3, -0.25) is 10.1 Å². The van der Waals surface area contributed by atoms with Crippen molar-refractivity contribution in [3.63, 3.8) is 0 Å². The van der Waals surface area contributed by atoms with Crippen LogP contribution in [0, 0.1) is 16.0 Å². The molecule has 5 heteroatoms. The molecule has 1 rings (SSSR count). The molecule has 1 unspecified atom stereocenters. The summed E-state index contributed by atoms with van der Waals surface area (Å²) in [6.07, 6.45) is 0. The molecule has 0 heterocycles. The molecule has 0 saturated heterocycles. The molecule has 5 nitrogen and oxygen atoms in total. The largest absolute Gasteiger partial charge is 0.271 e. The van der Waals surface area contributed by atoms with Crippen molar-refractivity contribution in [2.75, 3.05) is 0 Å². The highest BCUT2D eigenvalue weighted by atomic mass is 16.6. The maximum atomic E-state index is 10.5. The third-order valence-corrected chi connectivity index (χ3v) is 2.36. The van der Waals surface area contributed by atoms with Crippen molar-refractivity contribution in [3.8, 4) is 0 Å². The number of benzene rings is 1. The number of nitrogens with zero attached hydrogens (tertiary/aromatic N) is 3. The second-order valence-corrected chi connectivity index (χ2v) is 3.98. The lowest BCUT2D eigenvalue weighted by molar-refractivity contribution is -0.384. The monoisotopic (exact) mass is 221 g/mol. The van der Waals surface area contributed by atoms with Crippen molar-refractivity contribution in [1.82, 2.24) is 0 Å². The highest BCUT2D eigenvalue weighted by Crippen LogP contribution is 2.20. The molecule has 0 N–H and O–H groups in total. The van der Waals surface area contributed by atoms with Crippen LogP contribution in [-0.2, 0) is 0 Å². The van der Waals surface area contributed by atoms with Gasteiger partial charge in [-0.05, 0) is 18.9 Å². The Bertz CT molecular complexity index is 402. The Labute approximate surface area is 94.4 Å². The molecule has 0 aliphatic carbocycles. The van der Waals surface area contributed by atoms with Crippen LogP contribution in [0.5, 0.6) is 0 Å². The van der Waals surface area contributed by atoms with Gasteiger partial charge in [-0.2, -0.15) is 10.2 Å².